The van der Waals surface area contributed by atoms with Gasteiger partial charge < -0.3 is 25.2 Å². The van der Waals surface area contributed by atoms with Crippen LogP contribution in [-0.4, -0.2) is 74.8 Å². The molecule has 3 atom stereocenters. The number of aliphatic hydroxyl groups is 1. The normalized spacial score (nSPS) is 16.1. The van der Waals surface area contributed by atoms with E-state index in [2.05, 4.69) is 35.9 Å². The summed E-state index contributed by atoms with van der Waals surface area (Å²) >= 11 is 8.29. The van der Waals surface area contributed by atoms with Crippen molar-refractivity contribution in [1.82, 2.24) is 10.6 Å². The molecule has 0 heterocycles. The number of hydrogen-bond acceptors (Lipinski definition) is 7. The monoisotopic (exact) mass is 326 g/mol. The summed E-state index contributed by atoms with van der Waals surface area (Å²) in [5.74, 6) is 1.53. The molecule has 0 amide bonds. The summed E-state index contributed by atoms with van der Waals surface area (Å²) in [4.78, 5) is 0. The molecule has 0 aliphatic carbocycles. The Balaban J connectivity index is 4.04. The lowest BCUT2D eigenvalue weighted by Gasteiger charge is -2.25. The first-order valence-electron chi connectivity index (χ1n) is 7.13. The summed E-state index contributed by atoms with van der Waals surface area (Å²) in [6.07, 6.45) is 0.100. The minimum atomic E-state index is -0.507. The van der Waals surface area contributed by atoms with E-state index in [1.54, 1.807) is 7.11 Å². The Labute approximate surface area is 134 Å². The highest BCUT2D eigenvalue weighted by Crippen LogP contribution is 2.05. The first-order chi connectivity index (χ1) is 9.69. The Kier molecular flexibility index (Phi) is 14.8. The molecule has 5 nitrogen and oxygen atoms in total. The molecule has 122 valence electrons. The molecule has 0 fully saturated rings. The summed E-state index contributed by atoms with van der Waals surface area (Å²) in [7, 11) is 1.67. The van der Waals surface area contributed by atoms with Crippen LogP contribution in [0.3, 0.4) is 0 Å². The van der Waals surface area contributed by atoms with E-state index in [0.29, 0.717) is 19.8 Å². The van der Waals surface area contributed by atoms with E-state index in [-0.39, 0.29) is 12.1 Å². The first-order valence-corrected chi connectivity index (χ1v) is 8.40. The molecule has 3 unspecified atom stereocenters. The van der Waals surface area contributed by atoms with Crippen molar-refractivity contribution in [3.63, 3.8) is 0 Å². The lowest BCUT2D eigenvalue weighted by atomic mass is 10.1. The zero-order valence-corrected chi connectivity index (χ0v) is 14.3. The van der Waals surface area contributed by atoms with E-state index in [0.717, 1.165) is 31.0 Å². The minimum Gasteiger partial charge on any atom is -0.389 e. The predicted octanol–water partition coefficient (Wildman–Crippen LogP) is 0.196. The largest absolute Gasteiger partial charge is 0.389 e. The highest BCUT2D eigenvalue weighted by atomic mass is 32.1. The second kappa shape index (κ2) is 14.4. The zero-order valence-electron chi connectivity index (χ0n) is 12.5. The third kappa shape index (κ3) is 10.3. The predicted molar refractivity (Wildman–Crippen MR) is 90.3 cm³/mol. The maximum absolute atomic E-state index is 10.1. The van der Waals surface area contributed by atoms with Gasteiger partial charge in [-0.2, -0.15) is 25.3 Å². The van der Waals surface area contributed by atoms with E-state index >= 15 is 0 Å². The van der Waals surface area contributed by atoms with Crippen LogP contribution in [0.5, 0.6) is 0 Å². The van der Waals surface area contributed by atoms with Gasteiger partial charge in [0.15, 0.2) is 0 Å². The molecule has 0 saturated heterocycles. The van der Waals surface area contributed by atoms with Gasteiger partial charge in [-0.3, -0.25) is 0 Å². The second-order valence-electron chi connectivity index (χ2n) is 4.61. The fourth-order valence-corrected chi connectivity index (χ4v) is 2.12. The summed E-state index contributed by atoms with van der Waals surface area (Å²) in [6.45, 7) is 5.23. The molecule has 7 heteroatoms. The van der Waals surface area contributed by atoms with Crippen LogP contribution in [0, 0.1) is 0 Å². The zero-order chi connectivity index (χ0) is 15.2. The number of rotatable bonds is 14. The van der Waals surface area contributed by atoms with Gasteiger partial charge in [0.2, 0.25) is 0 Å². The maximum atomic E-state index is 10.1. The van der Waals surface area contributed by atoms with Gasteiger partial charge >= 0.3 is 0 Å². The fraction of sp³-hybridized carbons (Fsp3) is 1.00. The van der Waals surface area contributed by atoms with E-state index in [1.807, 2.05) is 6.92 Å². The molecule has 0 radical (unpaired) electrons. The smallest absolute Gasteiger partial charge is 0.0925 e. The molecule has 0 aromatic heterocycles. The SMILES string of the molecule is CCC(OCC(COC)NCCS)C(O)CNCCS. The van der Waals surface area contributed by atoms with Crippen LogP contribution >= 0.6 is 25.3 Å². The highest BCUT2D eigenvalue weighted by Gasteiger charge is 2.19. The van der Waals surface area contributed by atoms with Crippen LogP contribution in [0.4, 0.5) is 0 Å². The molecule has 0 spiro atoms. The number of hydrogen-bond donors (Lipinski definition) is 5. The van der Waals surface area contributed by atoms with Gasteiger partial charge in [0.25, 0.3) is 0 Å². The quantitative estimate of drug-likeness (QED) is 0.233. The topological polar surface area (TPSA) is 62.8 Å². The van der Waals surface area contributed by atoms with Crippen LogP contribution < -0.4 is 10.6 Å². The first kappa shape index (κ1) is 20.5. The van der Waals surface area contributed by atoms with Gasteiger partial charge in [-0.05, 0) is 6.42 Å². The van der Waals surface area contributed by atoms with E-state index < -0.39 is 6.10 Å². The minimum absolute atomic E-state index is 0.124. The van der Waals surface area contributed by atoms with Crippen molar-refractivity contribution < 1.29 is 14.6 Å². The van der Waals surface area contributed by atoms with Crippen LogP contribution in [0.15, 0.2) is 0 Å². The maximum Gasteiger partial charge on any atom is 0.0925 e. The number of ether oxygens (including phenoxy) is 2. The molecule has 0 aromatic rings. The molecule has 0 aromatic carbocycles. The van der Waals surface area contributed by atoms with Gasteiger partial charge in [0, 0.05) is 38.2 Å². The molecule has 0 saturated carbocycles. The highest BCUT2D eigenvalue weighted by molar-refractivity contribution is 7.80. The third-order valence-electron chi connectivity index (χ3n) is 2.90. The lowest BCUT2D eigenvalue weighted by molar-refractivity contribution is -0.0500. The lowest BCUT2D eigenvalue weighted by Crippen LogP contribution is -2.43. The molecule has 0 aliphatic rings. The van der Waals surface area contributed by atoms with Crippen LogP contribution in [0.2, 0.25) is 0 Å². The third-order valence-corrected chi connectivity index (χ3v) is 3.34. The van der Waals surface area contributed by atoms with Crippen molar-refractivity contribution in [3.8, 4) is 0 Å². The standard InChI is InChI=1S/C13H30N2O3S2/c1-3-13(12(16)8-14-4-6-19)18-10-11(9-17-2)15-5-7-20/h11-16,19-20H,3-10H2,1-2H3. The number of methoxy groups -OCH3 is 1. The summed E-state index contributed by atoms with van der Waals surface area (Å²) in [6, 6.07) is 0.124. The Morgan fingerprint density at radius 1 is 1.15 bits per heavy atom. The average Bonchev–Trinajstić information content (AvgIpc) is 2.45. The summed E-state index contributed by atoms with van der Waals surface area (Å²) in [5.41, 5.74) is 0. The van der Waals surface area contributed by atoms with Crippen LogP contribution in [0.1, 0.15) is 13.3 Å². The van der Waals surface area contributed by atoms with E-state index in [9.17, 15) is 5.11 Å². The molecule has 0 bridgehead atoms. The van der Waals surface area contributed by atoms with Gasteiger partial charge in [-0.15, -0.1) is 0 Å². The van der Waals surface area contributed by atoms with Crippen molar-refractivity contribution in [2.24, 2.45) is 0 Å². The van der Waals surface area contributed by atoms with Gasteiger partial charge in [0.05, 0.1) is 31.5 Å². The van der Waals surface area contributed by atoms with E-state index in [1.165, 1.54) is 0 Å². The second-order valence-corrected chi connectivity index (χ2v) is 5.50. The van der Waals surface area contributed by atoms with Crippen molar-refractivity contribution in [1.29, 1.82) is 0 Å². The Morgan fingerprint density at radius 3 is 2.40 bits per heavy atom. The molecular weight excluding hydrogens is 296 g/mol. The Bertz CT molecular complexity index is 214. The molecular formula is C13H30N2O3S2. The van der Waals surface area contributed by atoms with Crippen LogP contribution in [-0.2, 0) is 9.47 Å². The van der Waals surface area contributed by atoms with Crippen molar-refractivity contribution in [2.75, 3.05) is 51.5 Å². The Morgan fingerprint density at radius 2 is 1.85 bits per heavy atom. The Hall–Kier alpha value is 0.500. The van der Waals surface area contributed by atoms with Gasteiger partial charge in [-0.1, -0.05) is 6.92 Å². The average molecular weight is 327 g/mol. The number of nitrogens with one attached hydrogen (secondary N) is 2. The summed E-state index contributed by atoms with van der Waals surface area (Å²) < 4.78 is 11.0. The van der Waals surface area contributed by atoms with Crippen molar-refractivity contribution in [3.05, 3.63) is 0 Å². The molecule has 3 N–H and O–H groups in total. The summed E-state index contributed by atoms with van der Waals surface area (Å²) in [5, 5.41) is 16.5. The number of thiol groups is 2. The van der Waals surface area contributed by atoms with Crippen molar-refractivity contribution >= 4 is 25.3 Å². The van der Waals surface area contributed by atoms with Crippen LogP contribution in [0.25, 0.3) is 0 Å². The fourth-order valence-electron chi connectivity index (χ4n) is 1.84. The van der Waals surface area contributed by atoms with Gasteiger partial charge in [0.1, 0.15) is 0 Å². The molecule has 0 rings (SSSR count). The van der Waals surface area contributed by atoms with E-state index in [4.69, 9.17) is 9.47 Å². The van der Waals surface area contributed by atoms with Crippen molar-refractivity contribution in [2.45, 2.75) is 31.6 Å². The number of aliphatic hydroxyl groups excluding tert-OH is 1. The molecule has 0 aliphatic heterocycles. The molecule has 20 heavy (non-hydrogen) atoms. The van der Waals surface area contributed by atoms with Gasteiger partial charge in [-0.25, -0.2) is 0 Å².